The molecule has 0 aliphatic carbocycles. The maximum absolute atomic E-state index is 8.53. The van der Waals surface area contributed by atoms with E-state index in [4.69, 9.17) is 5.11 Å². The van der Waals surface area contributed by atoms with Crippen LogP contribution in [0.4, 0.5) is 0 Å². The third kappa shape index (κ3) is 3.20. The molecule has 0 heterocycles. The Morgan fingerprint density at radius 3 is 2.50 bits per heavy atom. The summed E-state index contributed by atoms with van der Waals surface area (Å²) in [7, 11) is 0. The molecule has 0 aliphatic rings. The molecule has 1 rings (SSSR count). The number of benzene rings is 1. The van der Waals surface area contributed by atoms with Gasteiger partial charge in [-0.3, -0.25) is 0 Å². The van der Waals surface area contributed by atoms with E-state index >= 15 is 0 Å². The number of halogens is 1. The van der Waals surface area contributed by atoms with Crippen LogP contribution < -0.4 is 0 Å². The highest BCUT2D eigenvalue weighted by Crippen LogP contribution is 2.11. The molecule has 0 spiro atoms. The van der Waals surface area contributed by atoms with Crippen LogP contribution in [0.5, 0.6) is 0 Å². The van der Waals surface area contributed by atoms with E-state index in [2.05, 4.69) is 15.9 Å². The first-order valence-electron chi connectivity index (χ1n) is 3.86. The van der Waals surface area contributed by atoms with Crippen LogP contribution in [0.1, 0.15) is 12.0 Å². The molecule has 0 fully saturated rings. The summed E-state index contributed by atoms with van der Waals surface area (Å²) < 4.78 is 1.09. The number of aliphatic hydroxyl groups excluding tert-OH is 1. The van der Waals surface area contributed by atoms with Crippen molar-refractivity contribution in [2.24, 2.45) is 0 Å². The van der Waals surface area contributed by atoms with Gasteiger partial charge in [-0.05, 0) is 24.1 Å². The predicted molar refractivity (Wildman–Crippen MR) is 54.9 cm³/mol. The first kappa shape index (κ1) is 9.49. The third-order valence-corrected chi connectivity index (χ3v) is 2.00. The summed E-state index contributed by atoms with van der Waals surface area (Å²) in [6, 6.07) is 8.05. The topological polar surface area (TPSA) is 20.2 Å². The van der Waals surface area contributed by atoms with Crippen molar-refractivity contribution in [1.29, 1.82) is 0 Å². The van der Waals surface area contributed by atoms with E-state index in [9.17, 15) is 0 Å². The predicted octanol–water partition coefficient (Wildman–Crippen LogP) is 2.84. The van der Waals surface area contributed by atoms with Crippen molar-refractivity contribution >= 4 is 22.0 Å². The molecular formula is C10H11BrO. The molecule has 2 heteroatoms. The Balaban J connectivity index is 2.58. The first-order chi connectivity index (χ1) is 5.83. The third-order valence-electron chi connectivity index (χ3n) is 1.48. The summed E-state index contributed by atoms with van der Waals surface area (Å²) in [4.78, 5) is 0. The Kier molecular flexibility index (Phi) is 4.05. The molecule has 1 N–H and O–H groups in total. The average Bonchev–Trinajstić information content (AvgIpc) is 2.09. The zero-order valence-corrected chi connectivity index (χ0v) is 8.29. The summed E-state index contributed by atoms with van der Waals surface area (Å²) >= 11 is 3.36. The lowest BCUT2D eigenvalue weighted by atomic mass is 10.2. The highest BCUT2D eigenvalue weighted by Gasteiger charge is 1.86. The molecule has 0 aromatic heterocycles. The lowest BCUT2D eigenvalue weighted by Gasteiger charge is -1.92. The molecule has 0 radical (unpaired) electrons. The fourth-order valence-electron chi connectivity index (χ4n) is 0.868. The fraction of sp³-hybridized carbons (Fsp3) is 0.200. The molecule has 1 nitrogen and oxygen atoms in total. The van der Waals surface area contributed by atoms with Gasteiger partial charge in [0.15, 0.2) is 0 Å². The number of rotatable bonds is 3. The van der Waals surface area contributed by atoms with E-state index in [0.29, 0.717) is 0 Å². The van der Waals surface area contributed by atoms with Crippen LogP contribution in [0.25, 0.3) is 6.08 Å². The van der Waals surface area contributed by atoms with Gasteiger partial charge in [0, 0.05) is 11.1 Å². The smallest absolute Gasteiger partial charge is 0.0465 e. The Morgan fingerprint density at radius 2 is 1.92 bits per heavy atom. The average molecular weight is 227 g/mol. The van der Waals surface area contributed by atoms with Gasteiger partial charge in [0.25, 0.3) is 0 Å². The lowest BCUT2D eigenvalue weighted by molar-refractivity contribution is 0.303. The van der Waals surface area contributed by atoms with Crippen LogP contribution in [0.15, 0.2) is 34.8 Å². The van der Waals surface area contributed by atoms with Gasteiger partial charge in [-0.25, -0.2) is 0 Å². The van der Waals surface area contributed by atoms with Gasteiger partial charge in [-0.15, -0.1) is 0 Å². The highest BCUT2D eigenvalue weighted by atomic mass is 79.9. The van der Waals surface area contributed by atoms with Crippen LogP contribution in [0, 0.1) is 0 Å². The van der Waals surface area contributed by atoms with Crippen LogP contribution in [0.2, 0.25) is 0 Å². The Bertz CT molecular complexity index is 251. The maximum Gasteiger partial charge on any atom is 0.0465 e. The van der Waals surface area contributed by atoms with Crippen LogP contribution >= 0.6 is 15.9 Å². The minimum absolute atomic E-state index is 0.215. The van der Waals surface area contributed by atoms with Crippen molar-refractivity contribution in [2.75, 3.05) is 6.61 Å². The zero-order valence-electron chi connectivity index (χ0n) is 6.70. The lowest BCUT2D eigenvalue weighted by Crippen LogP contribution is -1.76. The molecule has 1 aromatic rings. The molecule has 64 valence electrons. The largest absolute Gasteiger partial charge is 0.396 e. The quantitative estimate of drug-likeness (QED) is 0.841. The molecule has 0 amide bonds. The second kappa shape index (κ2) is 5.12. The summed E-state index contributed by atoms with van der Waals surface area (Å²) in [6.07, 6.45) is 4.68. The van der Waals surface area contributed by atoms with Crippen LogP contribution in [-0.2, 0) is 0 Å². The number of aliphatic hydroxyl groups is 1. The van der Waals surface area contributed by atoms with Gasteiger partial charge < -0.3 is 5.11 Å². The van der Waals surface area contributed by atoms with E-state index in [-0.39, 0.29) is 6.61 Å². The van der Waals surface area contributed by atoms with Crippen molar-refractivity contribution < 1.29 is 5.11 Å². The number of hydrogen-bond donors (Lipinski definition) is 1. The van der Waals surface area contributed by atoms with E-state index in [1.807, 2.05) is 36.4 Å². The summed E-state index contributed by atoms with van der Waals surface area (Å²) in [5.41, 5.74) is 1.16. The molecule has 1 aromatic carbocycles. The maximum atomic E-state index is 8.53. The van der Waals surface area contributed by atoms with Gasteiger partial charge in [-0.1, -0.05) is 40.2 Å². The highest BCUT2D eigenvalue weighted by molar-refractivity contribution is 9.10. The summed E-state index contributed by atoms with van der Waals surface area (Å²) in [5.74, 6) is 0. The van der Waals surface area contributed by atoms with Gasteiger partial charge in [0.2, 0.25) is 0 Å². The molecule has 0 saturated heterocycles. The summed E-state index contributed by atoms with van der Waals surface area (Å²) in [5, 5.41) is 8.53. The fourth-order valence-corrected chi connectivity index (χ4v) is 1.13. The van der Waals surface area contributed by atoms with E-state index in [0.717, 1.165) is 16.5 Å². The van der Waals surface area contributed by atoms with Gasteiger partial charge in [0.05, 0.1) is 0 Å². The molecule has 0 aliphatic heterocycles. The van der Waals surface area contributed by atoms with Crippen molar-refractivity contribution in [3.63, 3.8) is 0 Å². The summed E-state index contributed by atoms with van der Waals surface area (Å²) in [6.45, 7) is 0.215. The molecule has 0 saturated carbocycles. The van der Waals surface area contributed by atoms with Gasteiger partial charge in [0.1, 0.15) is 0 Å². The minimum atomic E-state index is 0.215. The minimum Gasteiger partial charge on any atom is -0.396 e. The van der Waals surface area contributed by atoms with Gasteiger partial charge >= 0.3 is 0 Å². The second-order valence-corrected chi connectivity index (χ2v) is 3.38. The monoisotopic (exact) mass is 226 g/mol. The first-order valence-corrected chi connectivity index (χ1v) is 4.65. The molecule has 12 heavy (non-hydrogen) atoms. The van der Waals surface area contributed by atoms with Crippen molar-refractivity contribution in [2.45, 2.75) is 6.42 Å². The van der Waals surface area contributed by atoms with Crippen molar-refractivity contribution in [3.8, 4) is 0 Å². The number of hydrogen-bond acceptors (Lipinski definition) is 1. The van der Waals surface area contributed by atoms with Gasteiger partial charge in [-0.2, -0.15) is 0 Å². The normalized spacial score (nSPS) is 10.8. The van der Waals surface area contributed by atoms with Crippen LogP contribution in [0.3, 0.4) is 0 Å². The zero-order chi connectivity index (χ0) is 8.81. The van der Waals surface area contributed by atoms with E-state index in [1.165, 1.54) is 0 Å². The molecule has 0 unspecified atom stereocenters. The molecule has 0 atom stereocenters. The Morgan fingerprint density at radius 1 is 1.25 bits per heavy atom. The SMILES string of the molecule is OCCC=Cc1ccc(Br)cc1. The standard InChI is InChI=1S/C10H11BrO/c11-10-6-4-9(5-7-10)3-1-2-8-12/h1,3-7,12H,2,8H2. The Hall–Kier alpha value is -0.600. The second-order valence-electron chi connectivity index (χ2n) is 2.47. The molecular weight excluding hydrogens is 216 g/mol. The van der Waals surface area contributed by atoms with Crippen molar-refractivity contribution in [1.82, 2.24) is 0 Å². The van der Waals surface area contributed by atoms with E-state index < -0.39 is 0 Å². The van der Waals surface area contributed by atoms with Crippen LogP contribution in [-0.4, -0.2) is 11.7 Å². The molecule has 0 bridgehead atoms. The van der Waals surface area contributed by atoms with Crippen molar-refractivity contribution in [3.05, 3.63) is 40.4 Å². The Labute approximate surface area is 80.9 Å². The van der Waals surface area contributed by atoms with E-state index in [1.54, 1.807) is 0 Å².